The number of likely N-dealkylation sites (tertiary alicyclic amines) is 1. The van der Waals surface area contributed by atoms with Gasteiger partial charge in [0, 0.05) is 25.0 Å². The molecule has 1 aliphatic rings. The van der Waals surface area contributed by atoms with Crippen LogP contribution in [0, 0.1) is 5.41 Å². The third-order valence-corrected chi connectivity index (χ3v) is 3.39. The number of aliphatic hydroxyl groups is 2. The monoisotopic (exact) mass is 244 g/mol. The smallest absolute Gasteiger partial charge is 0.239 e. The number of aliphatic hydroxyl groups excluding tert-OH is 2. The minimum absolute atomic E-state index is 0.0961. The molecular formula is C12H24N2O3. The zero-order valence-electron chi connectivity index (χ0n) is 10.8. The molecule has 0 radical (unpaired) electrons. The fraction of sp³-hybridized carbons (Fsp3) is 0.917. The van der Waals surface area contributed by atoms with E-state index in [2.05, 4.69) is 5.32 Å². The van der Waals surface area contributed by atoms with E-state index in [0.29, 0.717) is 6.54 Å². The summed E-state index contributed by atoms with van der Waals surface area (Å²) in [7, 11) is 0. The largest absolute Gasteiger partial charge is 0.396 e. The van der Waals surface area contributed by atoms with Gasteiger partial charge in [-0.05, 0) is 19.8 Å². The van der Waals surface area contributed by atoms with Crippen LogP contribution in [0.1, 0.15) is 26.7 Å². The molecule has 5 heteroatoms. The van der Waals surface area contributed by atoms with Crippen molar-refractivity contribution >= 4 is 5.91 Å². The Morgan fingerprint density at radius 2 is 1.88 bits per heavy atom. The van der Waals surface area contributed by atoms with E-state index in [4.69, 9.17) is 10.2 Å². The molecule has 0 aromatic heterocycles. The second-order valence-electron chi connectivity index (χ2n) is 5.26. The number of hydrogen-bond acceptors (Lipinski definition) is 4. The van der Waals surface area contributed by atoms with Crippen molar-refractivity contribution in [3.63, 3.8) is 0 Å². The highest BCUT2D eigenvalue weighted by Gasteiger charge is 2.27. The van der Waals surface area contributed by atoms with Crippen molar-refractivity contribution in [2.24, 2.45) is 5.41 Å². The molecule has 1 unspecified atom stereocenters. The molecule has 1 saturated heterocycles. The second-order valence-corrected chi connectivity index (χ2v) is 5.26. The average Bonchev–Trinajstić information content (AvgIpc) is 2.88. The van der Waals surface area contributed by atoms with E-state index in [9.17, 15) is 4.79 Å². The highest BCUT2D eigenvalue weighted by atomic mass is 16.3. The Kier molecular flexibility index (Phi) is 5.36. The average molecular weight is 244 g/mol. The molecule has 17 heavy (non-hydrogen) atoms. The summed E-state index contributed by atoms with van der Waals surface area (Å²) in [6.45, 7) is 5.55. The van der Waals surface area contributed by atoms with Crippen LogP contribution in [0.2, 0.25) is 0 Å². The molecule has 5 nitrogen and oxygen atoms in total. The molecule has 1 atom stereocenters. The van der Waals surface area contributed by atoms with Crippen LogP contribution in [0.4, 0.5) is 0 Å². The predicted molar refractivity (Wildman–Crippen MR) is 65.6 cm³/mol. The molecule has 1 fully saturated rings. The normalized spacial score (nSPS) is 18.5. The maximum atomic E-state index is 12.0. The van der Waals surface area contributed by atoms with Crippen molar-refractivity contribution < 1.29 is 15.0 Å². The Morgan fingerprint density at radius 1 is 1.35 bits per heavy atom. The lowest BCUT2D eigenvalue weighted by atomic mass is 9.93. The van der Waals surface area contributed by atoms with Crippen LogP contribution in [0.25, 0.3) is 0 Å². The summed E-state index contributed by atoms with van der Waals surface area (Å²) >= 11 is 0. The van der Waals surface area contributed by atoms with E-state index in [-0.39, 0.29) is 25.2 Å². The van der Waals surface area contributed by atoms with Gasteiger partial charge >= 0.3 is 0 Å². The van der Waals surface area contributed by atoms with Gasteiger partial charge < -0.3 is 20.4 Å². The summed E-state index contributed by atoms with van der Waals surface area (Å²) in [6, 6.07) is -0.259. The number of nitrogens with one attached hydrogen (secondary N) is 1. The van der Waals surface area contributed by atoms with Gasteiger partial charge in [-0.25, -0.2) is 0 Å². The van der Waals surface area contributed by atoms with E-state index in [1.165, 1.54) is 0 Å². The van der Waals surface area contributed by atoms with E-state index in [1.54, 1.807) is 6.92 Å². The fourth-order valence-electron chi connectivity index (χ4n) is 1.86. The Morgan fingerprint density at radius 3 is 2.35 bits per heavy atom. The van der Waals surface area contributed by atoms with Crippen LogP contribution in [-0.4, -0.2) is 59.9 Å². The SMILES string of the molecule is CC(NCC(C)(CO)CO)C(=O)N1CCCC1. The molecule has 1 amide bonds. The summed E-state index contributed by atoms with van der Waals surface area (Å²) in [5.74, 6) is 0.112. The van der Waals surface area contributed by atoms with Gasteiger partial charge in [0.2, 0.25) is 5.91 Å². The van der Waals surface area contributed by atoms with Gasteiger partial charge in [0.15, 0.2) is 0 Å². The molecule has 1 rings (SSSR count). The highest BCUT2D eigenvalue weighted by Crippen LogP contribution is 2.13. The first-order chi connectivity index (χ1) is 8.02. The third-order valence-electron chi connectivity index (χ3n) is 3.39. The number of amides is 1. The first-order valence-corrected chi connectivity index (χ1v) is 6.26. The molecule has 0 bridgehead atoms. The van der Waals surface area contributed by atoms with Gasteiger partial charge in [0.25, 0.3) is 0 Å². The van der Waals surface area contributed by atoms with Crippen molar-refractivity contribution in [1.82, 2.24) is 10.2 Å². The predicted octanol–water partition coefficient (Wildman–Crippen LogP) is -0.422. The molecule has 0 aliphatic carbocycles. The standard InChI is InChI=1S/C12H24N2O3/c1-10(11(17)14-5-3-4-6-14)13-7-12(2,8-15)9-16/h10,13,15-16H,3-9H2,1-2H3. The van der Waals surface area contributed by atoms with E-state index >= 15 is 0 Å². The molecule has 0 aromatic carbocycles. The van der Waals surface area contributed by atoms with Crippen molar-refractivity contribution in [2.45, 2.75) is 32.7 Å². The minimum Gasteiger partial charge on any atom is -0.396 e. The van der Waals surface area contributed by atoms with Crippen LogP contribution < -0.4 is 5.32 Å². The summed E-state index contributed by atoms with van der Waals surface area (Å²) < 4.78 is 0. The van der Waals surface area contributed by atoms with Crippen molar-refractivity contribution in [3.8, 4) is 0 Å². The number of nitrogens with zero attached hydrogens (tertiary/aromatic N) is 1. The molecule has 3 N–H and O–H groups in total. The minimum atomic E-state index is -0.570. The highest BCUT2D eigenvalue weighted by molar-refractivity contribution is 5.81. The van der Waals surface area contributed by atoms with Gasteiger partial charge in [-0.2, -0.15) is 0 Å². The van der Waals surface area contributed by atoms with Gasteiger partial charge in [0.05, 0.1) is 19.3 Å². The summed E-state index contributed by atoms with van der Waals surface area (Å²) in [6.07, 6.45) is 2.17. The van der Waals surface area contributed by atoms with Crippen LogP contribution in [0.5, 0.6) is 0 Å². The Balaban J connectivity index is 2.38. The Labute approximate surface area is 103 Å². The summed E-state index contributed by atoms with van der Waals surface area (Å²) in [5.41, 5.74) is -0.570. The van der Waals surface area contributed by atoms with Crippen LogP contribution in [-0.2, 0) is 4.79 Å². The van der Waals surface area contributed by atoms with E-state index in [1.807, 2.05) is 11.8 Å². The first-order valence-electron chi connectivity index (χ1n) is 6.26. The van der Waals surface area contributed by atoms with Crippen molar-refractivity contribution in [2.75, 3.05) is 32.8 Å². The molecule has 0 saturated carbocycles. The van der Waals surface area contributed by atoms with Crippen LogP contribution in [0.3, 0.4) is 0 Å². The summed E-state index contributed by atoms with van der Waals surface area (Å²) in [4.78, 5) is 13.8. The lowest BCUT2D eigenvalue weighted by molar-refractivity contribution is -0.132. The Hall–Kier alpha value is -0.650. The van der Waals surface area contributed by atoms with Crippen molar-refractivity contribution in [1.29, 1.82) is 0 Å². The van der Waals surface area contributed by atoms with Gasteiger partial charge in [0.1, 0.15) is 0 Å². The zero-order valence-corrected chi connectivity index (χ0v) is 10.8. The van der Waals surface area contributed by atoms with Gasteiger partial charge in [-0.1, -0.05) is 6.92 Å². The maximum Gasteiger partial charge on any atom is 0.239 e. The number of hydrogen-bond donors (Lipinski definition) is 3. The second kappa shape index (κ2) is 6.33. The molecule has 1 aliphatic heterocycles. The maximum absolute atomic E-state index is 12.0. The summed E-state index contributed by atoms with van der Waals surface area (Å²) in [5, 5.41) is 21.4. The van der Waals surface area contributed by atoms with Crippen LogP contribution >= 0.6 is 0 Å². The fourth-order valence-corrected chi connectivity index (χ4v) is 1.86. The lowest BCUT2D eigenvalue weighted by Gasteiger charge is -2.28. The van der Waals surface area contributed by atoms with Crippen LogP contribution in [0.15, 0.2) is 0 Å². The van der Waals surface area contributed by atoms with Crippen molar-refractivity contribution in [3.05, 3.63) is 0 Å². The number of rotatable bonds is 6. The Bertz CT molecular complexity index is 248. The molecule has 1 heterocycles. The number of carbonyl (C=O) groups is 1. The zero-order chi connectivity index (χ0) is 12.9. The molecule has 0 aromatic rings. The lowest BCUT2D eigenvalue weighted by Crippen LogP contribution is -2.48. The number of carbonyl (C=O) groups excluding carboxylic acids is 1. The first kappa shape index (κ1) is 14.4. The molecule has 0 spiro atoms. The van der Waals surface area contributed by atoms with Gasteiger partial charge in [-0.15, -0.1) is 0 Å². The quantitative estimate of drug-likeness (QED) is 0.593. The molecule has 100 valence electrons. The van der Waals surface area contributed by atoms with E-state index < -0.39 is 5.41 Å². The third kappa shape index (κ3) is 3.94. The van der Waals surface area contributed by atoms with Gasteiger partial charge in [-0.3, -0.25) is 4.79 Å². The van der Waals surface area contributed by atoms with E-state index in [0.717, 1.165) is 25.9 Å². The molecular weight excluding hydrogens is 220 g/mol. The topological polar surface area (TPSA) is 72.8 Å².